The molecule has 0 radical (unpaired) electrons. The van der Waals surface area contributed by atoms with Crippen molar-refractivity contribution in [3.8, 4) is 5.75 Å². The minimum atomic E-state index is -0.704. The van der Waals surface area contributed by atoms with E-state index < -0.39 is 5.97 Å². The van der Waals surface area contributed by atoms with Crippen molar-refractivity contribution < 1.29 is 14.6 Å². The summed E-state index contributed by atoms with van der Waals surface area (Å²) >= 11 is 1.86. The molecule has 2 atom stereocenters. The quantitative estimate of drug-likeness (QED) is 0.875. The standard InChI is InChI=1S/C16H23NO3S/c1-12(9-13-3-5-15(20-2)6-4-13)17-7-8-21-11-14(17)10-16(18)19/h3-6,12,14H,7-11H2,1-2H3,(H,18,19). The average Bonchev–Trinajstić information content (AvgIpc) is 2.48. The van der Waals surface area contributed by atoms with E-state index in [-0.39, 0.29) is 12.5 Å². The maximum atomic E-state index is 11.0. The van der Waals surface area contributed by atoms with Crippen molar-refractivity contribution in [2.75, 3.05) is 25.2 Å². The molecule has 116 valence electrons. The lowest BCUT2D eigenvalue weighted by Gasteiger charge is -2.39. The third kappa shape index (κ3) is 4.64. The predicted octanol–water partition coefficient (Wildman–Crippen LogP) is 2.52. The van der Waals surface area contributed by atoms with E-state index in [1.807, 2.05) is 23.9 Å². The van der Waals surface area contributed by atoms with Gasteiger partial charge in [-0.3, -0.25) is 9.69 Å². The van der Waals surface area contributed by atoms with Gasteiger partial charge in [-0.2, -0.15) is 11.8 Å². The molecule has 0 spiro atoms. The molecule has 0 aliphatic carbocycles. The first-order chi connectivity index (χ1) is 10.1. The molecular formula is C16H23NO3S. The minimum absolute atomic E-state index is 0.148. The van der Waals surface area contributed by atoms with Crippen LogP contribution in [-0.4, -0.2) is 53.2 Å². The van der Waals surface area contributed by atoms with Gasteiger partial charge in [0.15, 0.2) is 0 Å². The van der Waals surface area contributed by atoms with E-state index >= 15 is 0 Å². The first kappa shape index (κ1) is 16.2. The molecule has 1 heterocycles. The molecule has 1 aromatic carbocycles. The van der Waals surface area contributed by atoms with Gasteiger partial charge < -0.3 is 9.84 Å². The van der Waals surface area contributed by atoms with Crippen molar-refractivity contribution in [2.45, 2.75) is 31.8 Å². The number of aliphatic carboxylic acids is 1. The van der Waals surface area contributed by atoms with Crippen molar-refractivity contribution in [3.63, 3.8) is 0 Å². The predicted molar refractivity (Wildman–Crippen MR) is 86.2 cm³/mol. The van der Waals surface area contributed by atoms with Crippen LogP contribution in [0.1, 0.15) is 18.9 Å². The van der Waals surface area contributed by atoms with E-state index in [1.165, 1.54) is 5.56 Å². The minimum Gasteiger partial charge on any atom is -0.497 e. The number of carboxylic acids is 1. The van der Waals surface area contributed by atoms with Crippen molar-refractivity contribution in [1.29, 1.82) is 0 Å². The van der Waals surface area contributed by atoms with Gasteiger partial charge in [0.2, 0.25) is 0 Å². The lowest BCUT2D eigenvalue weighted by molar-refractivity contribution is -0.138. The summed E-state index contributed by atoms with van der Waals surface area (Å²) in [7, 11) is 1.67. The zero-order chi connectivity index (χ0) is 15.2. The SMILES string of the molecule is COc1ccc(CC(C)N2CCSCC2CC(=O)O)cc1. The van der Waals surface area contributed by atoms with Gasteiger partial charge in [0.05, 0.1) is 13.5 Å². The molecule has 0 aromatic heterocycles. The molecule has 5 heteroatoms. The summed E-state index contributed by atoms with van der Waals surface area (Å²) in [6.07, 6.45) is 1.17. The molecule has 1 N–H and O–H groups in total. The van der Waals surface area contributed by atoms with Crippen LogP contribution >= 0.6 is 11.8 Å². The number of rotatable bonds is 6. The summed E-state index contributed by atoms with van der Waals surface area (Å²) in [6.45, 7) is 3.16. The number of hydrogen-bond acceptors (Lipinski definition) is 4. The lowest BCUT2D eigenvalue weighted by Crippen LogP contribution is -2.49. The number of benzene rings is 1. The summed E-state index contributed by atoms with van der Waals surface area (Å²) in [5, 5.41) is 9.06. The number of carbonyl (C=O) groups is 1. The average molecular weight is 309 g/mol. The summed E-state index contributed by atoms with van der Waals surface area (Å²) in [5.41, 5.74) is 1.26. The first-order valence-electron chi connectivity index (χ1n) is 7.28. The van der Waals surface area contributed by atoms with Crippen molar-refractivity contribution in [3.05, 3.63) is 29.8 Å². The van der Waals surface area contributed by atoms with Crippen LogP contribution < -0.4 is 4.74 Å². The molecule has 0 bridgehead atoms. The number of hydrogen-bond donors (Lipinski definition) is 1. The maximum Gasteiger partial charge on any atom is 0.304 e. The van der Waals surface area contributed by atoms with Crippen LogP contribution in [-0.2, 0) is 11.2 Å². The Morgan fingerprint density at radius 3 is 2.81 bits per heavy atom. The van der Waals surface area contributed by atoms with Crippen LogP contribution in [0.25, 0.3) is 0 Å². The molecule has 1 saturated heterocycles. The van der Waals surface area contributed by atoms with Gasteiger partial charge in [-0.15, -0.1) is 0 Å². The normalized spacial score (nSPS) is 21.0. The highest BCUT2D eigenvalue weighted by Crippen LogP contribution is 2.23. The Morgan fingerprint density at radius 1 is 1.48 bits per heavy atom. The molecule has 2 unspecified atom stereocenters. The van der Waals surface area contributed by atoms with Gasteiger partial charge in [-0.05, 0) is 31.0 Å². The van der Waals surface area contributed by atoms with Gasteiger partial charge in [0.25, 0.3) is 0 Å². The fraction of sp³-hybridized carbons (Fsp3) is 0.562. The third-order valence-electron chi connectivity index (χ3n) is 3.94. The monoisotopic (exact) mass is 309 g/mol. The molecule has 0 amide bonds. The van der Waals surface area contributed by atoms with Gasteiger partial charge in [-0.1, -0.05) is 12.1 Å². The molecule has 4 nitrogen and oxygen atoms in total. The summed E-state index contributed by atoms with van der Waals surface area (Å²) in [6, 6.07) is 8.62. The van der Waals surface area contributed by atoms with Crippen LogP contribution in [0.15, 0.2) is 24.3 Å². The Bertz CT molecular complexity index is 463. The Balaban J connectivity index is 1.98. The first-order valence-corrected chi connectivity index (χ1v) is 8.44. The highest BCUT2D eigenvalue weighted by Gasteiger charge is 2.28. The number of carboxylic acid groups (broad SMARTS) is 1. The Morgan fingerprint density at radius 2 is 2.19 bits per heavy atom. The summed E-state index contributed by atoms with van der Waals surface area (Å²) in [4.78, 5) is 13.4. The van der Waals surface area contributed by atoms with Crippen LogP contribution in [0.4, 0.5) is 0 Å². The molecule has 21 heavy (non-hydrogen) atoms. The van der Waals surface area contributed by atoms with Crippen molar-refractivity contribution >= 4 is 17.7 Å². The van der Waals surface area contributed by atoms with Gasteiger partial charge >= 0.3 is 5.97 Å². The lowest BCUT2D eigenvalue weighted by atomic mass is 10.0. The highest BCUT2D eigenvalue weighted by atomic mass is 32.2. The maximum absolute atomic E-state index is 11.0. The molecule has 1 aliphatic heterocycles. The van der Waals surface area contributed by atoms with E-state index in [9.17, 15) is 4.79 Å². The highest BCUT2D eigenvalue weighted by molar-refractivity contribution is 7.99. The summed E-state index contributed by atoms with van der Waals surface area (Å²) in [5.74, 6) is 2.16. The largest absolute Gasteiger partial charge is 0.497 e. The van der Waals surface area contributed by atoms with E-state index in [4.69, 9.17) is 9.84 Å². The van der Waals surface area contributed by atoms with E-state index in [2.05, 4.69) is 24.0 Å². The Labute approximate surface area is 130 Å². The van der Waals surface area contributed by atoms with Crippen LogP contribution in [0, 0.1) is 0 Å². The van der Waals surface area contributed by atoms with Crippen molar-refractivity contribution in [2.24, 2.45) is 0 Å². The second kappa shape index (κ2) is 7.71. The Hall–Kier alpha value is -1.20. The number of methoxy groups -OCH3 is 1. The molecule has 1 aliphatic rings. The molecule has 0 saturated carbocycles. The zero-order valence-corrected chi connectivity index (χ0v) is 13.4. The Kier molecular flexibility index (Phi) is 5.94. The van der Waals surface area contributed by atoms with E-state index in [0.717, 1.165) is 30.2 Å². The number of ether oxygens (including phenoxy) is 1. The fourth-order valence-electron chi connectivity index (χ4n) is 2.85. The van der Waals surface area contributed by atoms with Gasteiger partial charge in [-0.25, -0.2) is 0 Å². The van der Waals surface area contributed by atoms with Crippen LogP contribution in [0.2, 0.25) is 0 Å². The van der Waals surface area contributed by atoms with E-state index in [0.29, 0.717) is 6.04 Å². The van der Waals surface area contributed by atoms with E-state index in [1.54, 1.807) is 7.11 Å². The van der Waals surface area contributed by atoms with Crippen LogP contribution in [0.5, 0.6) is 5.75 Å². The fourth-order valence-corrected chi connectivity index (χ4v) is 3.93. The third-order valence-corrected chi connectivity index (χ3v) is 5.03. The second-order valence-electron chi connectivity index (χ2n) is 5.47. The van der Waals surface area contributed by atoms with Crippen molar-refractivity contribution in [1.82, 2.24) is 4.90 Å². The molecule has 2 rings (SSSR count). The second-order valence-corrected chi connectivity index (χ2v) is 6.62. The number of thioether (sulfide) groups is 1. The summed E-state index contributed by atoms with van der Waals surface area (Å²) < 4.78 is 5.17. The molecular weight excluding hydrogens is 286 g/mol. The molecule has 1 aromatic rings. The topological polar surface area (TPSA) is 49.8 Å². The zero-order valence-electron chi connectivity index (χ0n) is 12.6. The number of nitrogens with zero attached hydrogens (tertiary/aromatic N) is 1. The molecule has 1 fully saturated rings. The van der Waals surface area contributed by atoms with Gasteiger partial charge in [0.1, 0.15) is 5.75 Å². The van der Waals surface area contributed by atoms with Gasteiger partial charge in [0, 0.05) is 30.1 Å². The van der Waals surface area contributed by atoms with Crippen LogP contribution in [0.3, 0.4) is 0 Å². The smallest absolute Gasteiger partial charge is 0.304 e.